The van der Waals surface area contributed by atoms with Crippen molar-refractivity contribution in [2.75, 3.05) is 0 Å². The SMILES string of the molecule is C/C=C(\C)[C@@H](O)[C@H](C)[C@H](O)C/C=C(C)/C=C(\C)C/C(C)=C/C/C=C(\C)C(O)[C@@H](C)c1ccc(CCC)c(=O)o1. The molecular weight excluding hydrogens is 488 g/mol. The van der Waals surface area contributed by atoms with Gasteiger partial charge in [0.05, 0.1) is 18.3 Å². The molecule has 0 aromatic carbocycles. The Labute approximate surface area is 236 Å². The lowest BCUT2D eigenvalue weighted by Crippen LogP contribution is -2.29. The van der Waals surface area contributed by atoms with Crippen molar-refractivity contribution in [3.8, 4) is 0 Å². The smallest absolute Gasteiger partial charge is 0.339 e. The fourth-order valence-corrected chi connectivity index (χ4v) is 4.60. The van der Waals surface area contributed by atoms with Crippen LogP contribution in [0.5, 0.6) is 0 Å². The molecule has 39 heavy (non-hydrogen) atoms. The van der Waals surface area contributed by atoms with Gasteiger partial charge in [-0.25, -0.2) is 4.79 Å². The van der Waals surface area contributed by atoms with Crippen LogP contribution in [-0.4, -0.2) is 33.6 Å². The van der Waals surface area contributed by atoms with Crippen molar-refractivity contribution in [2.45, 2.75) is 119 Å². The highest BCUT2D eigenvalue weighted by Crippen LogP contribution is 2.24. The summed E-state index contributed by atoms with van der Waals surface area (Å²) in [6.45, 7) is 17.7. The summed E-state index contributed by atoms with van der Waals surface area (Å²) in [6.07, 6.45) is 11.9. The third-order valence-electron chi connectivity index (χ3n) is 7.48. The first-order chi connectivity index (χ1) is 18.3. The molecule has 0 aliphatic carbocycles. The van der Waals surface area contributed by atoms with Crippen molar-refractivity contribution in [1.29, 1.82) is 0 Å². The number of hydrogen-bond donors (Lipinski definition) is 3. The minimum atomic E-state index is -0.727. The predicted molar refractivity (Wildman–Crippen MR) is 163 cm³/mol. The van der Waals surface area contributed by atoms with Gasteiger partial charge in [0.2, 0.25) is 0 Å². The fourth-order valence-electron chi connectivity index (χ4n) is 4.60. The summed E-state index contributed by atoms with van der Waals surface area (Å²) in [5.74, 6) is -0.0444. The van der Waals surface area contributed by atoms with E-state index in [4.69, 9.17) is 4.42 Å². The van der Waals surface area contributed by atoms with Crippen LogP contribution in [0.25, 0.3) is 0 Å². The molecule has 0 saturated carbocycles. The number of aliphatic hydroxyl groups is 3. The quantitative estimate of drug-likeness (QED) is 0.160. The van der Waals surface area contributed by atoms with E-state index in [0.29, 0.717) is 30.6 Å². The van der Waals surface area contributed by atoms with Crippen LogP contribution in [0.1, 0.15) is 105 Å². The van der Waals surface area contributed by atoms with E-state index in [9.17, 15) is 20.1 Å². The Morgan fingerprint density at radius 2 is 1.59 bits per heavy atom. The highest BCUT2D eigenvalue weighted by atomic mass is 16.4. The number of aryl methyl sites for hydroxylation is 1. The highest BCUT2D eigenvalue weighted by Gasteiger charge is 2.23. The van der Waals surface area contributed by atoms with Crippen molar-refractivity contribution in [2.24, 2.45) is 5.92 Å². The maximum absolute atomic E-state index is 12.2. The predicted octanol–water partition coefficient (Wildman–Crippen LogP) is 7.34. The molecule has 0 spiro atoms. The van der Waals surface area contributed by atoms with Gasteiger partial charge < -0.3 is 19.7 Å². The van der Waals surface area contributed by atoms with Gasteiger partial charge in [-0.05, 0) is 90.5 Å². The van der Waals surface area contributed by atoms with Crippen LogP contribution in [-0.2, 0) is 6.42 Å². The summed E-state index contributed by atoms with van der Waals surface area (Å²) >= 11 is 0. The standard InChI is InChI=1S/C34H52O5/c1-10-13-29-17-19-31(39-34(29)38)28(9)33(37)26(7)15-12-14-22(3)20-24(5)21-23(4)16-18-30(35)27(8)32(36)25(6)11-2/h11,14-17,19,21,27-28,30,32-33,35-37H,10,12-13,18,20H2,1-9H3/b22-14+,23-16+,24-21+,25-11+,26-15+/t27-,28+,30-,32-,33?/m1/s1. The van der Waals surface area contributed by atoms with E-state index >= 15 is 0 Å². The van der Waals surface area contributed by atoms with Gasteiger partial charge in [-0.1, -0.05) is 74.3 Å². The lowest BCUT2D eigenvalue weighted by molar-refractivity contribution is 0.0415. The topological polar surface area (TPSA) is 90.9 Å². The van der Waals surface area contributed by atoms with E-state index in [0.717, 1.165) is 29.6 Å². The van der Waals surface area contributed by atoms with Gasteiger partial charge in [0.1, 0.15) is 5.76 Å². The fraction of sp³-hybridized carbons (Fsp3) is 0.559. The van der Waals surface area contributed by atoms with Gasteiger partial charge in [-0.15, -0.1) is 0 Å². The molecule has 5 nitrogen and oxygen atoms in total. The zero-order valence-corrected chi connectivity index (χ0v) is 25.6. The van der Waals surface area contributed by atoms with Crippen molar-refractivity contribution in [3.05, 3.63) is 92.1 Å². The van der Waals surface area contributed by atoms with Crippen molar-refractivity contribution >= 4 is 0 Å². The molecule has 1 unspecified atom stereocenters. The molecule has 0 radical (unpaired) electrons. The number of hydrogen-bond acceptors (Lipinski definition) is 5. The number of rotatable bonds is 15. The van der Waals surface area contributed by atoms with Crippen LogP contribution in [0.2, 0.25) is 0 Å². The molecule has 0 aliphatic rings. The van der Waals surface area contributed by atoms with E-state index in [1.54, 1.807) is 6.07 Å². The monoisotopic (exact) mass is 540 g/mol. The van der Waals surface area contributed by atoms with E-state index in [2.05, 4.69) is 26.0 Å². The van der Waals surface area contributed by atoms with Gasteiger partial charge in [-0.3, -0.25) is 0 Å². The average molecular weight is 541 g/mol. The second-order valence-electron chi connectivity index (χ2n) is 11.1. The van der Waals surface area contributed by atoms with E-state index in [1.165, 1.54) is 11.1 Å². The van der Waals surface area contributed by atoms with Crippen LogP contribution in [0.4, 0.5) is 0 Å². The minimum Gasteiger partial charge on any atom is -0.427 e. The van der Waals surface area contributed by atoms with Crippen molar-refractivity contribution in [1.82, 2.24) is 0 Å². The molecule has 1 heterocycles. The first-order valence-electron chi connectivity index (χ1n) is 14.3. The lowest BCUT2D eigenvalue weighted by Gasteiger charge is -2.24. The summed E-state index contributed by atoms with van der Waals surface area (Å²) in [5.41, 5.74) is 5.63. The summed E-state index contributed by atoms with van der Waals surface area (Å²) in [4.78, 5) is 12.2. The maximum atomic E-state index is 12.2. The van der Waals surface area contributed by atoms with E-state index in [-0.39, 0.29) is 17.5 Å². The minimum absolute atomic E-state index is 0.233. The van der Waals surface area contributed by atoms with E-state index < -0.39 is 18.3 Å². The largest absolute Gasteiger partial charge is 0.427 e. The molecule has 218 valence electrons. The first-order valence-corrected chi connectivity index (χ1v) is 14.3. The second kappa shape index (κ2) is 17.3. The molecule has 5 heteroatoms. The Hall–Kier alpha value is -2.47. The van der Waals surface area contributed by atoms with Crippen LogP contribution < -0.4 is 5.63 Å². The molecule has 1 aromatic heterocycles. The summed E-state index contributed by atoms with van der Waals surface area (Å²) in [5, 5.41) is 31.6. The Morgan fingerprint density at radius 1 is 0.923 bits per heavy atom. The second-order valence-corrected chi connectivity index (χ2v) is 11.1. The van der Waals surface area contributed by atoms with Gasteiger partial charge >= 0.3 is 5.63 Å². The molecule has 3 N–H and O–H groups in total. The van der Waals surface area contributed by atoms with E-state index in [1.807, 2.05) is 72.8 Å². The van der Waals surface area contributed by atoms with Crippen LogP contribution >= 0.6 is 0 Å². The summed E-state index contributed by atoms with van der Waals surface area (Å²) in [7, 11) is 0. The van der Waals surface area contributed by atoms with Gasteiger partial charge in [0.25, 0.3) is 0 Å². The Balaban J connectivity index is 2.70. The highest BCUT2D eigenvalue weighted by molar-refractivity contribution is 5.25. The van der Waals surface area contributed by atoms with Crippen LogP contribution in [0.3, 0.4) is 0 Å². The lowest BCUT2D eigenvalue weighted by atomic mass is 9.91. The van der Waals surface area contributed by atoms with Gasteiger partial charge in [-0.2, -0.15) is 0 Å². The van der Waals surface area contributed by atoms with Crippen LogP contribution in [0, 0.1) is 5.92 Å². The van der Waals surface area contributed by atoms with Crippen LogP contribution in [0.15, 0.2) is 79.6 Å². The summed E-state index contributed by atoms with van der Waals surface area (Å²) < 4.78 is 5.49. The molecular formula is C34H52O5. The molecule has 5 atom stereocenters. The third kappa shape index (κ3) is 11.7. The Kier molecular flexibility index (Phi) is 15.3. The Bertz CT molecular complexity index is 1110. The normalized spacial score (nSPS) is 18.1. The molecule has 1 rings (SSSR count). The maximum Gasteiger partial charge on any atom is 0.339 e. The van der Waals surface area contributed by atoms with Gasteiger partial charge in [0.15, 0.2) is 0 Å². The molecule has 0 saturated heterocycles. The number of allylic oxidation sites excluding steroid dienone is 7. The molecule has 0 amide bonds. The average Bonchev–Trinajstić information content (AvgIpc) is 2.90. The van der Waals surface area contributed by atoms with Crippen molar-refractivity contribution < 1.29 is 19.7 Å². The summed E-state index contributed by atoms with van der Waals surface area (Å²) in [6, 6.07) is 3.61. The molecule has 0 fully saturated rings. The molecule has 1 aromatic rings. The zero-order valence-electron chi connectivity index (χ0n) is 25.6. The third-order valence-corrected chi connectivity index (χ3v) is 7.48. The molecule has 0 bridgehead atoms. The first kappa shape index (κ1) is 34.6. The zero-order chi connectivity index (χ0) is 29.7. The number of aliphatic hydroxyl groups excluding tert-OH is 3. The van der Waals surface area contributed by atoms with Crippen molar-refractivity contribution in [3.63, 3.8) is 0 Å². The molecule has 0 aliphatic heterocycles. The Morgan fingerprint density at radius 3 is 2.18 bits per heavy atom. The van der Waals surface area contributed by atoms with Gasteiger partial charge in [0, 0.05) is 17.4 Å².